The maximum absolute atomic E-state index is 11.4. The van der Waals surface area contributed by atoms with Gasteiger partial charge in [-0.1, -0.05) is 20.8 Å². The van der Waals surface area contributed by atoms with Crippen molar-refractivity contribution in [2.45, 2.75) is 26.8 Å². The second-order valence-corrected chi connectivity index (χ2v) is 6.27. The summed E-state index contributed by atoms with van der Waals surface area (Å²) in [6, 6.07) is -0.391. The lowest BCUT2D eigenvalue weighted by Gasteiger charge is -2.23. The van der Waals surface area contributed by atoms with Gasteiger partial charge in [-0.25, -0.2) is 14.8 Å². The molecule has 0 aliphatic carbocycles. The number of carbonyl (C=O) groups excluding carboxylic acids is 1. The third-order valence-electron chi connectivity index (χ3n) is 2.90. The lowest BCUT2D eigenvalue weighted by Crippen LogP contribution is -2.26. The van der Waals surface area contributed by atoms with Crippen LogP contribution in [-0.4, -0.2) is 23.0 Å². The molecule has 0 aliphatic rings. The van der Waals surface area contributed by atoms with Crippen LogP contribution in [0.5, 0.6) is 0 Å². The van der Waals surface area contributed by atoms with E-state index in [1.165, 1.54) is 13.4 Å². The van der Waals surface area contributed by atoms with Gasteiger partial charge in [0.25, 0.3) is 5.89 Å². The maximum Gasteiger partial charge on any atom is 0.360 e. The minimum atomic E-state index is -0.587. The van der Waals surface area contributed by atoms with Crippen molar-refractivity contribution in [2.24, 2.45) is 11.1 Å². The minimum absolute atomic E-state index is 0.0593. The van der Waals surface area contributed by atoms with Crippen LogP contribution >= 0.6 is 15.9 Å². The zero-order valence-corrected chi connectivity index (χ0v) is 13.7. The van der Waals surface area contributed by atoms with Gasteiger partial charge in [-0.2, -0.15) is 0 Å². The topological polar surface area (TPSA) is 104 Å². The summed E-state index contributed by atoms with van der Waals surface area (Å²) in [6.45, 7) is 5.95. The van der Waals surface area contributed by atoms with Crippen LogP contribution in [0.1, 0.15) is 43.2 Å². The Morgan fingerprint density at radius 3 is 2.67 bits per heavy atom. The summed E-state index contributed by atoms with van der Waals surface area (Å²) in [4.78, 5) is 19.7. The Labute approximate surface area is 130 Å². The number of methoxy groups -OCH3 is 1. The van der Waals surface area contributed by atoms with Crippen molar-refractivity contribution in [2.75, 3.05) is 7.11 Å². The summed E-state index contributed by atoms with van der Waals surface area (Å²) in [5.41, 5.74) is 6.30. The van der Waals surface area contributed by atoms with Crippen LogP contribution in [0.4, 0.5) is 0 Å². The van der Waals surface area contributed by atoms with Crippen LogP contribution in [0, 0.1) is 5.41 Å². The number of nitrogens with two attached hydrogens (primary N) is 1. The van der Waals surface area contributed by atoms with E-state index in [9.17, 15) is 4.79 Å². The SMILES string of the molecule is COC(=O)c1coc(-c2nc(C(N)C(C)(C)C)oc2Br)n1. The molecule has 2 heterocycles. The molecule has 21 heavy (non-hydrogen) atoms. The Bertz CT molecular complexity index is 657. The van der Waals surface area contributed by atoms with E-state index in [1.54, 1.807) is 0 Å². The predicted octanol–water partition coefficient (Wildman–Crippen LogP) is 2.92. The molecule has 0 fully saturated rings. The monoisotopic (exact) mass is 357 g/mol. The highest BCUT2D eigenvalue weighted by molar-refractivity contribution is 9.10. The van der Waals surface area contributed by atoms with Crippen LogP contribution in [0.2, 0.25) is 0 Å². The number of rotatable bonds is 3. The largest absolute Gasteiger partial charge is 0.464 e. The molecule has 1 unspecified atom stereocenters. The van der Waals surface area contributed by atoms with Crippen molar-refractivity contribution in [1.82, 2.24) is 9.97 Å². The van der Waals surface area contributed by atoms with Crippen molar-refractivity contribution < 1.29 is 18.4 Å². The molecule has 0 saturated heterocycles. The summed E-state index contributed by atoms with van der Waals surface area (Å²) in [7, 11) is 1.27. The van der Waals surface area contributed by atoms with Gasteiger partial charge in [0.05, 0.1) is 13.2 Å². The van der Waals surface area contributed by atoms with Crippen molar-refractivity contribution in [3.05, 3.63) is 22.5 Å². The number of oxazole rings is 2. The Kier molecular flexibility index (Phi) is 4.20. The fourth-order valence-electron chi connectivity index (χ4n) is 1.53. The van der Waals surface area contributed by atoms with Gasteiger partial charge >= 0.3 is 5.97 Å². The number of aromatic nitrogens is 2. The molecule has 0 amide bonds. The van der Waals surface area contributed by atoms with Gasteiger partial charge in [-0.05, 0) is 21.3 Å². The molecule has 0 aromatic carbocycles. The average Bonchev–Trinajstić information content (AvgIpc) is 3.02. The summed E-state index contributed by atoms with van der Waals surface area (Å²) in [6.07, 6.45) is 1.20. The zero-order chi connectivity index (χ0) is 15.8. The van der Waals surface area contributed by atoms with Crippen LogP contribution in [0.3, 0.4) is 0 Å². The number of hydrogen-bond donors (Lipinski definition) is 1. The molecule has 7 nitrogen and oxygen atoms in total. The van der Waals surface area contributed by atoms with E-state index in [1.807, 2.05) is 20.8 Å². The Morgan fingerprint density at radius 2 is 2.10 bits per heavy atom. The first-order valence-electron chi connectivity index (χ1n) is 6.20. The van der Waals surface area contributed by atoms with Crippen LogP contribution in [-0.2, 0) is 4.74 Å². The Hall–Kier alpha value is -1.67. The van der Waals surface area contributed by atoms with E-state index < -0.39 is 12.0 Å². The maximum atomic E-state index is 11.4. The van der Waals surface area contributed by atoms with E-state index >= 15 is 0 Å². The molecule has 0 aliphatic heterocycles. The fraction of sp³-hybridized carbons (Fsp3) is 0.462. The molecule has 2 aromatic heterocycles. The minimum Gasteiger partial charge on any atom is -0.464 e. The molecule has 8 heteroatoms. The van der Waals surface area contributed by atoms with E-state index in [2.05, 4.69) is 30.6 Å². The zero-order valence-electron chi connectivity index (χ0n) is 12.1. The second-order valence-electron chi connectivity index (χ2n) is 5.55. The van der Waals surface area contributed by atoms with Gasteiger partial charge in [-0.15, -0.1) is 0 Å². The quantitative estimate of drug-likeness (QED) is 0.841. The van der Waals surface area contributed by atoms with E-state index in [0.717, 1.165) is 0 Å². The van der Waals surface area contributed by atoms with Gasteiger partial charge in [0.2, 0.25) is 10.6 Å². The molecule has 2 N–H and O–H groups in total. The molecule has 0 saturated carbocycles. The first-order chi connectivity index (χ1) is 9.74. The Morgan fingerprint density at radius 1 is 1.43 bits per heavy atom. The molecular formula is C13H16BrN3O4. The number of nitrogens with zero attached hydrogens (tertiary/aromatic N) is 2. The van der Waals surface area contributed by atoms with Crippen molar-refractivity contribution in [3.63, 3.8) is 0 Å². The summed E-state index contributed by atoms with van der Waals surface area (Å²) >= 11 is 3.25. The second kappa shape index (κ2) is 5.61. The molecule has 0 radical (unpaired) electrons. The molecule has 0 spiro atoms. The van der Waals surface area contributed by atoms with Gasteiger partial charge in [0.1, 0.15) is 6.26 Å². The lowest BCUT2D eigenvalue weighted by molar-refractivity contribution is 0.0594. The van der Waals surface area contributed by atoms with E-state index in [0.29, 0.717) is 16.3 Å². The average molecular weight is 358 g/mol. The number of hydrogen-bond acceptors (Lipinski definition) is 7. The van der Waals surface area contributed by atoms with E-state index in [-0.39, 0.29) is 17.0 Å². The van der Waals surface area contributed by atoms with Crippen molar-refractivity contribution in [3.8, 4) is 11.6 Å². The van der Waals surface area contributed by atoms with Gasteiger partial charge in [-0.3, -0.25) is 0 Å². The van der Waals surface area contributed by atoms with Crippen LogP contribution < -0.4 is 5.73 Å². The van der Waals surface area contributed by atoms with Gasteiger partial charge in [0.15, 0.2) is 11.4 Å². The van der Waals surface area contributed by atoms with Crippen LogP contribution in [0.25, 0.3) is 11.6 Å². The third-order valence-corrected chi connectivity index (χ3v) is 3.44. The smallest absolute Gasteiger partial charge is 0.360 e. The predicted molar refractivity (Wildman–Crippen MR) is 77.4 cm³/mol. The number of halogens is 1. The summed E-state index contributed by atoms with van der Waals surface area (Å²) in [5, 5.41) is 0. The Balaban J connectivity index is 2.35. The normalized spacial score (nSPS) is 13.2. The van der Waals surface area contributed by atoms with Crippen LogP contribution in [0.15, 0.2) is 19.8 Å². The first kappa shape index (κ1) is 15.7. The highest BCUT2D eigenvalue weighted by Crippen LogP contribution is 2.35. The van der Waals surface area contributed by atoms with Gasteiger partial charge in [0, 0.05) is 0 Å². The third kappa shape index (κ3) is 3.16. The molecular weight excluding hydrogens is 342 g/mol. The number of ether oxygens (including phenoxy) is 1. The number of esters is 1. The standard InChI is InChI=1S/C13H16BrN3O4/c1-13(2,3)8(15)11-17-7(9(14)21-11)10-16-6(5-20-10)12(18)19-4/h5,8H,15H2,1-4H3. The molecule has 2 aromatic rings. The van der Waals surface area contributed by atoms with Crippen molar-refractivity contribution in [1.29, 1.82) is 0 Å². The fourth-order valence-corrected chi connectivity index (χ4v) is 1.96. The van der Waals surface area contributed by atoms with Gasteiger partial charge < -0.3 is 19.3 Å². The highest BCUT2D eigenvalue weighted by Gasteiger charge is 2.29. The summed E-state index contributed by atoms with van der Waals surface area (Å²) < 4.78 is 15.7. The molecule has 114 valence electrons. The first-order valence-corrected chi connectivity index (χ1v) is 6.99. The highest BCUT2D eigenvalue weighted by atomic mass is 79.9. The molecule has 2 rings (SSSR count). The number of carbonyl (C=O) groups is 1. The summed E-state index contributed by atoms with van der Waals surface area (Å²) in [5.74, 6) is -0.0724. The molecule has 0 bridgehead atoms. The van der Waals surface area contributed by atoms with Crippen molar-refractivity contribution >= 4 is 21.9 Å². The molecule has 1 atom stereocenters. The lowest BCUT2D eigenvalue weighted by atomic mass is 9.87. The van der Waals surface area contributed by atoms with E-state index in [4.69, 9.17) is 14.6 Å².